The van der Waals surface area contributed by atoms with Crippen LogP contribution in [0.5, 0.6) is 11.8 Å². The summed E-state index contributed by atoms with van der Waals surface area (Å²) in [7, 11) is 4.11. The molecular formula is C15H16N4O. The van der Waals surface area contributed by atoms with Crippen molar-refractivity contribution >= 4 is 10.9 Å². The highest BCUT2D eigenvalue weighted by Gasteiger charge is 2.07. The van der Waals surface area contributed by atoms with Gasteiger partial charge in [0.05, 0.1) is 0 Å². The molecule has 3 aromatic rings. The predicted octanol–water partition coefficient (Wildman–Crippen LogP) is 2.81. The molecule has 0 aliphatic heterocycles. The molecule has 20 heavy (non-hydrogen) atoms. The Kier molecular flexibility index (Phi) is 3.35. The van der Waals surface area contributed by atoms with Crippen LogP contribution >= 0.6 is 0 Å². The number of aromatic nitrogens is 3. The second-order valence-electron chi connectivity index (χ2n) is 4.89. The largest absolute Gasteiger partial charge is 0.424 e. The SMILES string of the molecule is CN(C)Cc1c[nH]c2ccc(Oc3ncccn3)cc12. The molecule has 0 fully saturated rings. The maximum atomic E-state index is 5.67. The quantitative estimate of drug-likeness (QED) is 0.790. The summed E-state index contributed by atoms with van der Waals surface area (Å²) in [6.45, 7) is 0.880. The van der Waals surface area contributed by atoms with Gasteiger partial charge in [-0.25, -0.2) is 9.97 Å². The van der Waals surface area contributed by atoms with Gasteiger partial charge in [-0.2, -0.15) is 0 Å². The normalized spacial score (nSPS) is 11.2. The molecule has 0 spiro atoms. The number of fused-ring (bicyclic) bond motifs is 1. The Labute approximate surface area is 117 Å². The lowest BCUT2D eigenvalue weighted by molar-refractivity contribution is 0.404. The van der Waals surface area contributed by atoms with Crippen LogP contribution in [0.4, 0.5) is 0 Å². The molecule has 0 amide bonds. The highest BCUT2D eigenvalue weighted by atomic mass is 16.5. The zero-order valence-corrected chi connectivity index (χ0v) is 11.5. The Bertz CT molecular complexity index is 706. The first-order valence-electron chi connectivity index (χ1n) is 6.42. The first kappa shape index (κ1) is 12.6. The van der Waals surface area contributed by atoms with Gasteiger partial charge in [0.15, 0.2) is 0 Å². The number of nitrogens with zero attached hydrogens (tertiary/aromatic N) is 3. The molecule has 5 nitrogen and oxygen atoms in total. The second-order valence-corrected chi connectivity index (χ2v) is 4.89. The number of hydrogen-bond acceptors (Lipinski definition) is 4. The summed E-state index contributed by atoms with van der Waals surface area (Å²) in [6.07, 6.45) is 5.36. The average molecular weight is 268 g/mol. The van der Waals surface area contributed by atoms with Gasteiger partial charge in [-0.3, -0.25) is 0 Å². The lowest BCUT2D eigenvalue weighted by Crippen LogP contribution is -2.10. The minimum Gasteiger partial charge on any atom is -0.424 e. The van der Waals surface area contributed by atoms with Gasteiger partial charge < -0.3 is 14.6 Å². The fourth-order valence-corrected chi connectivity index (χ4v) is 2.14. The molecule has 0 radical (unpaired) electrons. The van der Waals surface area contributed by atoms with E-state index in [0.29, 0.717) is 6.01 Å². The minimum absolute atomic E-state index is 0.358. The predicted molar refractivity (Wildman–Crippen MR) is 77.8 cm³/mol. The van der Waals surface area contributed by atoms with Crippen LogP contribution in [-0.4, -0.2) is 33.9 Å². The molecule has 5 heteroatoms. The smallest absolute Gasteiger partial charge is 0.321 e. The van der Waals surface area contributed by atoms with E-state index in [-0.39, 0.29) is 0 Å². The number of rotatable bonds is 4. The molecule has 3 rings (SSSR count). The van der Waals surface area contributed by atoms with Crippen molar-refractivity contribution in [1.82, 2.24) is 19.9 Å². The fraction of sp³-hybridized carbons (Fsp3) is 0.200. The van der Waals surface area contributed by atoms with Gasteiger partial charge in [-0.1, -0.05) is 0 Å². The molecule has 1 aromatic carbocycles. The van der Waals surface area contributed by atoms with Crippen LogP contribution in [-0.2, 0) is 6.54 Å². The second kappa shape index (κ2) is 5.30. The Hall–Kier alpha value is -2.40. The van der Waals surface area contributed by atoms with E-state index in [9.17, 15) is 0 Å². The van der Waals surface area contributed by atoms with Crippen molar-refractivity contribution in [2.75, 3.05) is 14.1 Å². The third-order valence-electron chi connectivity index (χ3n) is 2.98. The topological polar surface area (TPSA) is 54.0 Å². The third-order valence-corrected chi connectivity index (χ3v) is 2.98. The highest BCUT2D eigenvalue weighted by molar-refractivity contribution is 5.84. The van der Waals surface area contributed by atoms with Gasteiger partial charge in [-0.15, -0.1) is 0 Å². The number of aromatic amines is 1. The van der Waals surface area contributed by atoms with Crippen molar-refractivity contribution in [1.29, 1.82) is 0 Å². The summed E-state index contributed by atoms with van der Waals surface area (Å²) in [5.41, 5.74) is 2.34. The van der Waals surface area contributed by atoms with Crippen LogP contribution in [0, 0.1) is 0 Å². The highest BCUT2D eigenvalue weighted by Crippen LogP contribution is 2.26. The molecular weight excluding hydrogens is 252 g/mol. The Morgan fingerprint density at radius 2 is 2.00 bits per heavy atom. The van der Waals surface area contributed by atoms with E-state index in [1.54, 1.807) is 18.5 Å². The van der Waals surface area contributed by atoms with Gasteiger partial charge in [0.1, 0.15) is 5.75 Å². The summed E-state index contributed by atoms with van der Waals surface area (Å²) in [6, 6.07) is 8.05. The lowest BCUT2D eigenvalue weighted by Gasteiger charge is -2.08. The molecule has 0 bridgehead atoms. The number of H-pyrrole nitrogens is 1. The fourth-order valence-electron chi connectivity index (χ4n) is 2.14. The van der Waals surface area contributed by atoms with Crippen LogP contribution in [0.15, 0.2) is 42.9 Å². The minimum atomic E-state index is 0.358. The van der Waals surface area contributed by atoms with Gasteiger partial charge in [-0.05, 0) is 43.9 Å². The zero-order chi connectivity index (χ0) is 13.9. The molecule has 2 aromatic heterocycles. The molecule has 0 saturated heterocycles. The van der Waals surface area contributed by atoms with Crippen molar-refractivity contribution in [2.24, 2.45) is 0 Å². The van der Waals surface area contributed by atoms with Gasteiger partial charge in [0.2, 0.25) is 0 Å². The molecule has 0 aliphatic carbocycles. The summed E-state index contributed by atoms with van der Waals surface area (Å²) in [4.78, 5) is 13.5. The molecule has 0 saturated carbocycles. The van der Waals surface area contributed by atoms with E-state index < -0.39 is 0 Å². The van der Waals surface area contributed by atoms with Crippen LogP contribution in [0.25, 0.3) is 10.9 Å². The van der Waals surface area contributed by atoms with E-state index in [4.69, 9.17) is 4.74 Å². The molecule has 0 aliphatic rings. The van der Waals surface area contributed by atoms with Crippen LogP contribution in [0.2, 0.25) is 0 Å². The molecule has 2 heterocycles. The van der Waals surface area contributed by atoms with Crippen molar-refractivity contribution in [3.63, 3.8) is 0 Å². The molecule has 1 N–H and O–H groups in total. The van der Waals surface area contributed by atoms with Crippen molar-refractivity contribution in [2.45, 2.75) is 6.54 Å². The van der Waals surface area contributed by atoms with Crippen LogP contribution < -0.4 is 4.74 Å². The number of ether oxygens (including phenoxy) is 1. The summed E-state index contributed by atoms with van der Waals surface area (Å²) in [5.74, 6) is 0.739. The number of benzene rings is 1. The monoisotopic (exact) mass is 268 g/mol. The molecule has 0 atom stereocenters. The van der Waals surface area contributed by atoms with Crippen molar-refractivity contribution in [3.05, 3.63) is 48.4 Å². The summed E-state index contributed by atoms with van der Waals surface area (Å²) in [5, 5.41) is 1.16. The third kappa shape index (κ3) is 2.62. The average Bonchev–Trinajstić information content (AvgIpc) is 2.82. The van der Waals surface area contributed by atoms with E-state index in [1.807, 2.05) is 24.4 Å². The van der Waals surface area contributed by atoms with Gasteiger partial charge in [0, 0.05) is 36.0 Å². The first-order valence-corrected chi connectivity index (χ1v) is 6.42. The van der Waals surface area contributed by atoms with Crippen LogP contribution in [0.1, 0.15) is 5.56 Å². The Balaban J connectivity index is 1.93. The summed E-state index contributed by atoms with van der Waals surface area (Å²) >= 11 is 0. The van der Waals surface area contributed by atoms with Gasteiger partial charge in [0.25, 0.3) is 0 Å². The van der Waals surface area contributed by atoms with E-state index >= 15 is 0 Å². The standard InChI is InChI=1S/C15H16N4O/c1-19(2)10-11-9-18-14-5-4-12(8-13(11)14)20-15-16-6-3-7-17-15/h3-9,18H,10H2,1-2H3. The summed E-state index contributed by atoms with van der Waals surface area (Å²) < 4.78 is 5.67. The van der Waals surface area contributed by atoms with Gasteiger partial charge >= 0.3 is 6.01 Å². The maximum absolute atomic E-state index is 5.67. The Morgan fingerprint density at radius 3 is 2.75 bits per heavy atom. The molecule has 102 valence electrons. The lowest BCUT2D eigenvalue weighted by atomic mass is 10.1. The number of nitrogens with one attached hydrogen (secondary N) is 1. The Morgan fingerprint density at radius 1 is 1.20 bits per heavy atom. The van der Waals surface area contributed by atoms with Crippen molar-refractivity contribution in [3.8, 4) is 11.8 Å². The zero-order valence-electron chi connectivity index (χ0n) is 11.5. The maximum Gasteiger partial charge on any atom is 0.321 e. The van der Waals surface area contributed by atoms with E-state index in [2.05, 4.69) is 33.9 Å². The number of hydrogen-bond donors (Lipinski definition) is 1. The molecule has 0 unspecified atom stereocenters. The van der Waals surface area contributed by atoms with Crippen molar-refractivity contribution < 1.29 is 4.74 Å². The van der Waals surface area contributed by atoms with E-state index in [0.717, 1.165) is 23.2 Å². The first-order chi connectivity index (χ1) is 9.72. The van der Waals surface area contributed by atoms with E-state index in [1.165, 1.54) is 5.56 Å². The van der Waals surface area contributed by atoms with Crippen LogP contribution in [0.3, 0.4) is 0 Å².